The van der Waals surface area contributed by atoms with Crippen molar-refractivity contribution in [2.24, 2.45) is 0 Å². The van der Waals surface area contributed by atoms with Crippen molar-refractivity contribution in [1.29, 1.82) is 5.26 Å². The fourth-order valence-corrected chi connectivity index (χ4v) is 3.20. The molecule has 1 N–H and O–H groups in total. The fourth-order valence-electron chi connectivity index (χ4n) is 3.20. The van der Waals surface area contributed by atoms with Crippen LogP contribution in [0.25, 0.3) is 6.08 Å². The lowest BCUT2D eigenvalue weighted by Crippen LogP contribution is -2.14. The fraction of sp³-hybridized carbons (Fsp3) is 0.214. The molecule has 0 atom stereocenters. The van der Waals surface area contributed by atoms with Crippen molar-refractivity contribution < 1.29 is 14.3 Å². The van der Waals surface area contributed by atoms with Crippen LogP contribution in [-0.2, 0) is 11.4 Å². The van der Waals surface area contributed by atoms with Gasteiger partial charge >= 0.3 is 0 Å². The van der Waals surface area contributed by atoms with Gasteiger partial charge in [0.25, 0.3) is 5.91 Å². The Balaban J connectivity index is 1.75. The summed E-state index contributed by atoms with van der Waals surface area (Å²) >= 11 is 0. The number of amides is 1. The number of carbonyl (C=O) groups excluding carboxylic acids is 1. The SMILES string of the molecule is CCOc1cc(/C=C(/C#N)C(=O)Nc2ccc(N(C)C)cc2)ccc1OCc1ccc(C)cc1. The van der Waals surface area contributed by atoms with Gasteiger partial charge in [-0.1, -0.05) is 35.9 Å². The lowest BCUT2D eigenvalue weighted by atomic mass is 10.1. The average Bonchev–Trinajstić information content (AvgIpc) is 2.83. The third-order valence-corrected chi connectivity index (χ3v) is 5.10. The Kier molecular flexibility index (Phi) is 8.31. The van der Waals surface area contributed by atoms with Crippen molar-refractivity contribution in [3.8, 4) is 17.6 Å². The maximum absolute atomic E-state index is 12.7. The summed E-state index contributed by atoms with van der Waals surface area (Å²) in [4.78, 5) is 14.6. The zero-order valence-electron chi connectivity index (χ0n) is 20.0. The highest BCUT2D eigenvalue weighted by Crippen LogP contribution is 2.30. The highest BCUT2D eigenvalue weighted by molar-refractivity contribution is 6.09. The molecule has 0 aliphatic rings. The zero-order valence-corrected chi connectivity index (χ0v) is 20.0. The van der Waals surface area contributed by atoms with Crippen LogP contribution in [0.3, 0.4) is 0 Å². The predicted molar refractivity (Wildman–Crippen MR) is 136 cm³/mol. The van der Waals surface area contributed by atoms with Crippen molar-refractivity contribution in [2.45, 2.75) is 20.5 Å². The molecule has 0 saturated carbocycles. The molecule has 3 rings (SSSR count). The predicted octanol–water partition coefficient (Wildman–Crippen LogP) is 5.58. The molecule has 0 aromatic heterocycles. The molecular formula is C28H29N3O3. The monoisotopic (exact) mass is 455 g/mol. The summed E-state index contributed by atoms with van der Waals surface area (Å²) in [7, 11) is 3.89. The highest BCUT2D eigenvalue weighted by Gasteiger charge is 2.12. The molecule has 1 amide bonds. The van der Waals surface area contributed by atoms with Crippen LogP contribution in [0.5, 0.6) is 11.5 Å². The van der Waals surface area contributed by atoms with E-state index in [9.17, 15) is 10.1 Å². The zero-order chi connectivity index (χ0) is 24.5. The second kappa shape index (κ2) is 11.6. The third-order valence-electron chi connectivity index (χ3n) is 5.10. The molecule has 6 nitrogen and oxygen atoms in total. The van der Waals surface area contributed by atoms with Gasteiger partial charge in [-0.05, 0) is 67.4 Å². The molecule has 6 heteroatoms. The molecule has 0 aliphatic heterocycles. The Hall–Kier alpha value is -4.24. The van der Waals surface area contributed by atoms with Gasteiger partial charge < -0.3 is 19.7 Å². The number of rotatable bonds is 9. The van der Waals surface area contributed by atoms with Gasteiger partial charge in [0.05, 0.1) is 6.61 Å². The molecule has 3 aromatic rings. The van der Waals surface area contributed by atoms with Crippen LogP contribution in [0.2, 0.25) is 0 Å². The number of nitrogens with one attached hydrogen (secondary N) is 1. The van der Waals surface area contributed by atoms with E-state index < -0.39 is 5.91 Å². The summed E-state index contributed by atoms with van der Waals surface area (Å²) in [6.45, 7) is 4.80. The van der Waals surface area contributed by atoms with Crippen LogP contribution in [0.4, 0.5) is 11.4 Å². The number of hydrogen-bond acceptors (Lipinski definition) is 5. The number of hydrogen-bond donors (Lipinski definition) is 1. The number of nitriles is 1. The molecular weight excluding hydrogens is 426 g/mol. The summed E-state index contributed by atoms with van der Waals surface area (Å²) < 4.78 is 11.7. The number of carbonyl (C=O) groups is 1. The molecule has 0 heterocycles. The van der Waals surface area contributed by atoms with Crippen LogP contribution in [0.15, 0.2) is 72.3 Å². The first-order valence-corrected chi connectivity index (χ1v) is 11.1. The van der Waals surface area contributed by atoms with E-state index >= 15 is 0 Å². The topological polar surface area (TPSA) is 74.6 Å². The molecule has 0 unspecified atom stereocenters. The minimum atomic E-state index is -0.474. The van der Waals surface area contributed by atoms with Gasteiger partial charge in [0.2, 0.25) is 0 Å². The Morgan fingerprint density at radius 2 is 1.71 bits per heavy atom. The van der Waals surface area contributed by atoms with Gasteiger partial charge in [-0.15, -0.1) is 0 Å². The smallest absolute Gasteiger partial charge is 0.266 e. The van der Waals surface area contributed by atoms with Gasteiger partial charge in [0.15, 0.2) is 11.5 Å². The second-order valence-electron chi connectivity index (χ2n) is 7.98. The van der Waals surface area contributed by atoms with E-state index in [0.29, 0.717) is 36.0 Å². The normalized spacial score (nSPS) is 10.9. The van der Waals surface area contributed by atoms with Gasteiger partial charge in [-0.25, -0.2) is 0 Å². The average molecular weight is 456 g/mol. The summed E-state index contributed by atoms with van der Waals surface area (Å²) in [5.41, 5.74) is 4.54. The van der Waals surface area contributed by atoms with Crippen molar-refractivity contribution in [2.75, 3.05) is 30.9 Å². The van der Waals surface area contributed by atoms with Crippen molar-refractivity contribution in [3.05, 3.63) is 89.0 Å². The van der Waals surface area contributed by atoms with E-state index in [1.807, 2.05) is 75.3 Å². The maximum Gasteiger partial charge on any atom is 0.266 e. The summed E-state index contributed by atoms with van der Waals surface area (Å²) in [6, 6.07) is 22.9. The number of anilines is 2. The first kappa shape index (κ1) is 24.4. The number of benzene rings is 3. The number of ether oxygens (including phenoxy) is 2. The molecule has 0 bridgehead atoms. The molecule has 3 aromatic carbocycles. The van der Waals surface area contributed by atoms with Crippen molar-refractivity contribution in [1.82, 2.24) is 0 Å². The van der Waals surface area contributed by atoms with Crippen LogP contribution in [0, 0.1) is 18.3 Å². The Morgan fingerprint density at radius 1 is 1.00 bits per heavy atom. The lowest BCUT2D eigenvalue weighted by Gasteiger charge is -2.13. The van der Waals surface area contributed by atoms with Crippen LogP contribution in [-0.4, -0.2) is 26.6 Å². The number of nitrogens with zero attached hydrogens (tertiary/aromatic N) is 2. The van der Waals surface area contributed by atoms with Gasteiger partial charge in [-0.2, -0.15) is 5.26 Å². The minimum absolute atomic E-state index is 0.00698. The molecule has 0 saturated heterocycles. The number of aryl methyl sites for hydroxylation is 1. The highest BCUT2D eigenvalue weighted by atomic mass is 16.5. The van der Waals surface area contributed by atoms with Crippen molar-refractivity contribution in [3.63, 3.8) is 0 Å². The molecule has 0 spiro atoms. The molecule has 0 fully saturated rings. The summed E-state index contributed by atoms with van der Waals surface area (Å²) in [5, 5.41) is 12.3. The van der Waals surface area contributed by atoms with E-state index in [1.165, 1.54) is 11.6 Å². The van der Waals surface area contributed by atoms with E-state index in [4.69, 9.17) is 9.47 Å². The Morgan fingerprint density at radius 3 is 2.32 bits per heavy atom. The summed E-state index contributed by atoms with van der Waals surface area (Å²) in [6.07, 6.45) is 1.54. The maximum atomic E-state index is 12.7. The van der Waals surface area contributed by atoms with Gasteiger partial charge in [0.1, 0.15) is 18.2 Å². The van der Waals surface area contributed by atoms with E-state index in [1.54, 1.807) is 30.3 Å². The first-order chi connectivity index (χ1) is 16.4. The third kappa shape index (κ3) is 6.63. The first-order valence-electron chi connectivity index (χ1n) is 11.1. The second-order valence-corrected chi connectivity index (χ2v) is 7.98. The molecule has 34 heavy (non-hydrogen) atoms. The van der Waals surface area contributed by atoms with Crippen molar-refractivity contribution >= 4 is 23.4 Å². The molecule has 0 radical (unpaired) electrons. The lowest BCUT2D eigenvalue weighted by molar-refractivity contribution is -0.112. The van der Waals surface area contributed by atoms with E-state index in [2.05, 4.69) is 5.32 Å². The van der Waals surface area contributed by atoms with E-state index in [0.717, 1.165) is 11.3 Å². The summed E-state index contributed by atoms with van der Waals surface area (Å²) in [5.74, 6) is 0.682. The Labute approximate surface area is 201 Å². The van der Waals surface area contributed by atoms with Gasteiger partial charge in [0, 0.05) is 25.5 Å². The quantitative estimate of drug-likeness (QED) is 0.337. The van der Waals surface area contributed by atoms with Crippen LogP contribution < -0.4 is 19.7 Å². The largest absolute Gasteiger partial charge is 0.490 e. The van der Waals surface area contributed by atoms with Crippen LogP contribution >= 0.6 is 0 Å². The minimum Gasteiger partial charge on any atom is -0.490 e. The van der Waals surface area contributed by atoms with Crippen LogP contribution in [0.1, 0.15) is 23.6 Å². The Bertz CT molecular complexity index is 1190. The van der Waals surface area contributed by atoms with E-state index in [-0.39, 0.29) is 5.57 Å². The standard InChI is InChI=1S/C28H29N3O3/c1-5-33-27-17-22(10-15-26(27)34-19-21-8-6-20(2)7-9-21)16-23(18-29)28(32)30-24-11-13-25(14-12-24)31(3)4/h6-17H,5,19H2,1-4H3,(H,30,32)/b23-16-. The molecule has 174 valence electrons. The van der Waals surface area contributed by atoms with Gasteiger partial charge in [-0.3, -0.25) is 4.79 Å². The molecule has 0 aliphatic carbocycles.